The molecular formula is C19H28N2O5S. The van der Waals surface area contributed by atoms with E-state index in [0.29, 0.717) is 49.9 Å². The van der Waals surface area contributed by atoms with Gasteiger partial charge < -0.3 is 10.4 Å². The van der Waals surface area contributed by atoms with E-state index in [4.69, 9.17) is 5.11 Å². The molecule has 1 amide bonds. The molecule has 1 aliphatic rings. The van der Waals surface area contributed by atoms with Gasteiger partial charge in [-0.25, -0.2) is 8.42 Å². The van der Waals surface area contributed by atoms with Gasteiger partial charge in [-0.05, 0) is 50.3 Å². The predicted octanol–water partition coefficient (Wildman–Crippen LogP) is 2.40. The maximum absolute atomic E-state index is 12.7. The molecule has 1 saturated carbocycles. The number of amides is 1. The van der Waals surface area contributed by atoms with Gasteiger partial charge in [-0.2, -0.15) is 4.31 Å². The zero-order valence-corrected chi connectivity index (χ0v) is 16.9. The minimum Gasteiger partial charge on any atom is -0.481 e. The SMILES string of the molecule is CCN(CC)S(=O)(=O)c1ccc(C)c(C(=O)NC2CCC(C(=O)O)CC2)c1. The number of hydrogen-bond acceptors (Lipinski definition) is 4. The van der Waals surface area contributed by atoms with E-state index in [1.165, 1.54) is 16.4 Å². The monoisotopic (exact) mass is 396 g/mol. The molecule has 2 N–H and O–H groups in total. The van der Waals surface area contributed by atoms with Gasteiger partial charge in [0, 0.05) is 24.7 Å². The maximum Gasteiger partial charge on any atom is 0.306 e. The summed E-state index contributed by atoms with van der Waals surface area (Å²) in [6, 6.07) is 4.52. The summed E-state index contributed by atoms with van der Waals surface area (Å²) >= 11 is 0. The number of nitrogens with zero attached hydrogens (tertiary/aromatic N) is 1. The Bertz CT molecular complexity index is 794. The Hall–Kier alpha value is -1.93. The van der Waals surface area contributed by atoms with Gasteiger partial charge in [0.2, 0.25) is 10.0 Å². The molecule has 0 radical (unpaired) electrons. The molecular weight excluding hydrogens is 368 g/mol. The largest absolute Gasteiger partial charge is 0.481 e. The van der Waals surface area contributed by atoms with E-state index in [-0.39, 0.29) is 22.8 Å². The van der Waals surface area contributed by atoms with Crippen LogP contribution in [0.5, 0.6) is 0 Å². The van der Waals surface area contributed by atoms with Crippen LogP contribution in [-0.4, -0.2) is 48.8 Å². The highest BCUT2D eigenvalue weighted by Crippen LogP contribution is 2.25. The van der Waals surface area contributed by atoms with Crippen LogP contribution in [0.25, 0.3) is 0 Å². The number of carbonyl (C=O) groups is 2. The fraction of sp³-hybridized carbons (Fsp3) is 0.579. The van der Waals surface area contributed by atoms with E-state index in [1.807, 2.05) is 0 Å². The average Bonchev–Trinajstić information content (AvgIpc) is 2.63. The Kier molecular flexibility index (Phi) is 7.00. The standard InChI is InChI=1S/C19H28N2O5S/c1-4-21(5-2)27(25,26)16-11-6-13(3)17(12-16)18(22)20-15-9-7-14(8-10-15)19(23)24/h6,11-12,14-15H,4-5,7-10H2,1-3H3,(H,20,22)(H,23,24). The third-order valence-electron chi connectivity index (χ3n) is 5.21. The smallest absolute Gasteiger partial charge is 0.306 e. The number of sulfonamides is 1. The van der Waals surface area contributed by atoms with Crippen molar-refractivity contribution in [2.24, 2.45) is 5.92 Å². The minimum atomic E-state index is -3.64. The summed E-state index contributed by atoms with van der Waals surface area (Å²) in [7, 11) is -3.64. The number of carbonyl (C=O) groups excluding carboxylic acids is 1. The summed E-state index contributed by atoms with van der Waals surface area (Å²) in [6.07, 6.45) is 2.30. The lowest BCUT2D eigenvalue weighted by atomic mass is 9.86. The lowest BCUT2D eigenvalue weighted by molar-refractivity contribution is -0.142. The highest BCUT2D eigenvalue weighted by atomic mass is 32.2. The van der Waals surface area contributed by atoms with Crippen LogP contribution < -0.4 is 5.32 Å². The number of aryl methyl sites for hydroxylation is 1. The fourth-order valence-electron chi connectivity index (χ4n) is 3.47. The van der Waals surface area contributed by atoms with E-state index >= 15 is 0 Å². The van der Waals surface area contributed by atoms with Crippen LogP contribution in [0.1, 0.15) is 55.5 Å². The van der Waals surface area contributed by atoms with Gasteiger partial charge in [-0.3, -0.25) is 9.59 Å². The molecule has 150 valence electrons. The Morgan fingerprint density at radius 1 is 1.15 bits per heavy atom. The van der Waals surface area contributed by atoms with Crippen molar-refractivity contribution in [3.8, 4) is 0 Å². The molecule has 0 aliphatic heterocycles. The molecule has 1 aliphatic carbocycles. The van der Waals surface area contributed by atoms with Crippen LogP contribution in [0.2, 0.25) is 0 Å². The Labute approximate surface area is 160 Å². The Morgan fingerprint density at radius 2 is 1.74 bits per heavy atom. The van der Waals surface area contributed by atoms with Gasteiger partial charge in [0.05, 0.1) is 10.8 Å². The van der Waals surface area contributed by atoms with E-state index in [9.17, 15) is 18.0 Å². The molecule has 0 atom stereocenters. The molecule has 0 spiro atoms. The van der Waals surface area contributed by atoms with Gasteiger partial charge in [-0.15, -0.1) is 0 Å². The summed E-state index contributed by atoms with van der Waals surface area (Å²) in [5.41, 5.74) is 1.04. The van der Waals surface area contributed by atoms with E-state index in [0.717, 1.165) is 0 Å². The van der Waals surface area contributed by atoms with Crippen molar-refractivity contribution in [1.29, 1.82) is 0 Å². The number of nitrogens with one attached hydrogen (secondary N) is 1. The first-order chi connectivity index (χ1) is 12.7. The topological polar surface area (TPSA) is 104 Å². The molecule has 2 rings (SSSR count). The summed E-state index contributed by atoms with van der Waals surface area (Å²) in [6.45, 7) is 6.04. The van der Waals surface area contributed by atoms with Crippen molar-refractivity contribution in [3.05, 3.63) is 29.3 Å². The first-order valence-electron chi connectivity index (χ1n) is 9.35. The van der Waals surface area contributed by atoms with Crippen molar-refractivity contribution < 1.29 is 23.1 Å². The third kappa shape index (κ3) is 4.87. The maximum atomic E-state index is 12.7. The Balaban J connectivity index is 2.16. The van der Waals surface area contributed by atoms with Gasteiger partial charge in [0.1, 0.15) is 0 Å². The second-order valence-corrected chi connectivity index (χ2v) is 8.86. The summed E-state index contributed by atoms with van der Waals surface area (Å²) in [4.78, 5) is 23.8. The minimum absolute atomic E-state index is 0.0875. The number of benzene rings is 1. The zero-order chi connectivity index (χ0) is 20.2. The average molecular weight is 397 g/mol. The van der Waals surface area contributed by atoms with Crippen LogP contribution in [0, 0.1) is 12.8 Å². The van der Waals surface area contributed by atoms with E-state index in [1.54, 1.807) is 26.8 Å². The van der Waals surface area contributed by atoms with Crippen LogP contribution in [0.4, 0.5) is 0 Å². The fourth-order valence-corrected chi connectivity index (χ4v) is 4.95. The third-order valence-corrected chi connectivity index (χ3v) is 7.25. The molecule has 0 bridgehead atoms. The number of hydrogen-bond donors (Lipinski definition) is 2. The normalized spacial score (nSPS) is 20.4. The quantitative estimate of drug-likeness (QED) is 0.736. The lowest BCUT2D eigenvalue weighted by Gasteiger charge is -2.27. The summed E-state index contributed by atoms with van der Waals surface area (Å²) in [5, 5.41) is 12.0. The molecule has 27 heavy (non-hydrogen) atoms. The first-order valence-corrected chi connectivity index (χ1v) is 10.8. The summed E-state index contributed by atoms with van der Waals surface area (Å²) < 4.78 is 26.8. The van der Waals surface area contributed by atoms with Crippen molar-refractivity contribution in [1.82, 2.24) is 9.62 Å². The highest BCUT2D eigenvalue weighted by molar-refractivity contribution is 7.89. The van der Waals surface area contributed by atoms with Crippen LogP contribution in [0.15, 0.2) is 23.1 Å². The van der Waals surface area contributed by atoms with Crippen molar-refractivity contribution in [3.63, 3.8) is 0 Å². The van der Waals surface area contributed by atoms with Gasteiger partial charge in [-0.1, -0.05) is 19.9 Å². The molecule has 0 saturated heterocycles. The summed E-state index contributed by atoms with van der Waals surface area (Å²) in [5.74, 6) is -1.45. The van der Waals surface area contributed by atoms with E-state index < -0.39 is 16.0 Å². The molecule has 1 fully saturated rings. The van der Waals surface area contributed by atoms with Gasteiger partial charge >= 0.3 is 5.97 Å². The van der Waals surface area contributed by atoms with Crippen LogP contribution in [0.3, 0.4) is 0 Å². The second kappa shape index (κ2) is 8.84. The molecule has 1 aromatic carbocycles. The number of rotatable bonds is 7. The van der Waals surface area contributed by atoms with Gasteiger partial charge in [0.15, 0.2) is 0 Å². The number of carboxylic acids is 1. The van der Waals surface area contributed by atoms with Gasteiger partial charge in [0.25, 0.3) is 5.91 Å². The van der Waals surface area contributed by atoms with Crippen molar-refractivity contribution in [2.75, 3.05) is 13.1 Å². The molecule has 1 aromatic rings. The molecule has 0 heterocycles. The second-order valence-electron chi connectivity index (χ2n) is 6.93. The first kappa shape index (κ1) is 21.4. The number of carboxylic acid groups (broad SMARTS) is 1. The zero-order valence-electron chi connectivity index (χ0n) is 16.1. The highest BCUT2D eigenvalue weighted by Gasteiger charge is 2.28. The van der Waals surface area contributed by atoms with Crippen molar-refractivity contribution in [2.45, 2.75) is 57.4 Å². The number of aliphatic carboxylic acids is 1. The predicted molar refractivity (Wildman–Crippen MR) is 102 cm³/mol. The molecule has 8 heteroatoms. The van der Waals surface area contributed by atoms with E-state index in [2.05, 4.69) is 5.32 Å². The molecule has 0 aromatic heterocycles. The van der Waals surface area contributed by atoms with Crippen LogP contribution >= 0.6 is 0 Å². The van der Waals surface area contributed by atoms with Crippen molar-refractivity contribution >= 4 is 21.9 Å². The van der Waals surface area contributed by atoms with Crippen LogP contribution in [-0.2, 0) is 14.8 Å². The Morgan fingerprint density at radius 3 is 2.26 bits per heavy atom. The molecule has 7 nitrogen and oxygen atoms in total. The molecule has 0 unspecified atom stereocenters. The lowest BCUT2D eigenvalue weighted by Crippen LogP contribution is -2.39.